The van der Waals surface area contributed by atoms with Gasteiger partial charge in [0.25, 0.3) is 5.91 Å². The predicted molar refractivity (Wildman–Crippen MR) is 75.0 cm³/mol. The van der Waals surface area contributed by atoms with Crippen LogP contribution >= 0.6 is 0 Å². The second-order valence-electron chi connectivity index (χ2n) is 5.05. The van der Waals surface area contributed by atoms with Crippen molar-refractivity contribution in [3.63, 3.8) is 0 Å². The SMILES string of the molecule is O=C(Nc1ccc(C2(C(=O)O)CC2)cc1)c1cncnc1. The Morgan fingerprint density at radius 3 is 2.24 bits per heavy atom. The van der Waals surface area contributed by atoms with E-state index in [1.165, 1.54) is 18.7 Å². The Morgan fingerprint density at radius 2 is 1.71 bits per heavy atom. The van der Waals surface area contributed by atoms with Gasteiger partial charge in [0.1, 0.15) is 6.33 Å². The molecule has 106 valence electrons. The summed E-state index contributed by atoms with van der Waals surface area (Å²) in [5, 5.41) is 12.0. The van der Waals surface area contributed by atoms with E-state index in [-0.39, 0.29) is 5.91 Å². The second-order valence-corrected chi connectivity index (χ2v) is 5.05. The third-order valence-electron chi connectivity index (χ3n) is 3.68. The Balaban J connectivity index is 1.74. The molecule has 0 bridgehead atoms. The van der Waals surface area contributed by atoms with Gasteiger partial charge in [-0.15, -0.1) is 0 Å². The van der Waals surface area contributed by atoms with E-state index >= 15 is 0 Å². The van der Waals surface area contributed by atoms with Crippen molar-refractivity contribution in [2.24, 2.45) is 0 Å². The van der Waals surface area contributed by atoms with Crippen molar-refractivity contribution in [1.29, 1.82) is 0 Å². The molecule has 2 N–H and O–H groups in total. The van der Waals surface area contributed by atoms with Gasteiger partial charge in [-0.25, -0.2) is 9.97 Å². The van der Waals surface area contributed by atoms with E-state index in [0.29, 0.717) is 24.1 Å². The zero-order chi connectivity index (χ0) is 14.9. The lowest BCUT2D eigenvalue weighted by Gasteiger charge is -2.11. The van der Waals surface area contributed by atoms with E-state index in [9.17, 15) is 14.7 Å². The molecule has 1 aliphatic carbocycles. The molecular weight excluding hydrogens is 270 g/mol. The van der Waals surface area contributed by atoms with Crippen LogP contribution in [-0.2, 0) is 10.2 Å². The molecule has 6 heteroatoms. The number of amides is 1. The highest BCUT2D eigenvalue weighted by Crippen LogP contribution is 2.48. The highest BCUT2D eigenvalue weighted by Gasteiger charge is 2.51. The first-order chi connectivity index (χ1) is 10.1. The summed E-state index contributed by atoms with van der Waals surface area (Å²) in [6.45, 7) is 0. The summed E-state index contributed by atoms with van der Waals surface area (Å²) in [5.41, 5.74) is 1.02. The van der Waals surface area contributed by atoms with Gasteiger partial charge in [-0.1, -0.05) is 12.1 Å². The normalized spacial score (nSPS) is 15.2. The summed E-state index contributed by atoms with van der Waals surface area (Å²) in [6, 6.07) is 6.91. The molecule has 1 amide bonds. The van der Waals surface area contributed by atoms with E-state index in [1.54, 1.807) is 24.3 Å². The van der Waals surface area contributed by atoms with E-state index in [2.05, 4.69) is 15.3 Å². The van der Waals surface area contributed by atoms with Crippen molar-refractivity contribution in [3.05, 3.63) is 54.1 Å². The number of carbonyl (C=O) groups excluding carboxylic acids is 1. The highest BCUT2D eigenvalue weighted by atomic mass is 16.4. The van der Waals surface area contributed by atoms with E-state index < -0.39 is 11.4 Å². The van der Waals surface area contributed by atoms with Gasteiger partial charge in [-0.2, -0.15) is 0 Å². The first kappa shape index (κ1) is 13.2. The minimum Gasteiger partial charge on any atom is -0.481 e. The average molecular weight is 283 g/mol. The van der Waals surface area contributed by atoms with Gasteiger partial charge in [-0.3, -0.25) is 9.59 Å². The number of carbonyl (C=O) groups is 2. The van der Waals surface area contributed by atoms with E-state index in [1.807, 2.05) is 0 Å². The van der Waals surface area contributed by atoms with Crippen molar-refractivity contribution < 1.29 is 14.7 Å². The van der Waals surface area contributed by atoms with Crippen LogP contribution in [0.15, 0.2) is 43.0 Å². The van der Waals surface area contributed by atoms with Gasteiger partial charge < -0.3 is 10.4 Å². The molecule has 1 aliphatic rings. The van der Waals surface area contributed by atoms with Gasteiger partial charge in [0.2, 0.25) is 0 Å². The molecule has 0 spiro atoms. The standard InChI is InChI=1S/C15H13N3O3/c19-13(10-7-16-9-17-8-10)18-12-3-1-11(2-4-12)15(5-6-15)14(20)21/h1-4,7-9H,5-6H2,(H,18,19)(H,20,21). The van der Waals surface area contributed by atoms with E-state index in [4.69, 9.17) is 0 Å². The number of nitrogens with one attached hydrogen (secondary N) is 1. The molecule has 3 rings (SSSR count). The minimum atomic E-state index is -0.791. The molecule has 1 aromatic carbocycles. The third kappa shape index (κ3) is 2.47. The summed E-state index contributed by atoms with van der Waals surface area (Å²) in [4.78, 5) is 30.7. The monoisotopic (exact) mass is 283 g/mol. The molecule has 0 radical (unpaired) electrons. The summed E-state index contributed by atoms with van der Waals surface area (Å²) in [5.74, 6) is -1.09. The molecule has 1 aromatic heterocycles. The van der Waals surface area contributed by atoms with E-state index in [0.717, 1.165) is 5.56 Å². The fourth-order valence-electron chi connectivity index (χ4n) is 2.24. The van der Waals surface area contributed by atoms with Crippen LogP contribution in [0, 0.1) is 0 Å². The highest BCUT2D eigenvalue weighted by molar-refractivity contribution is 6.03. The molecular formula is C15H13N3O3. The van der Waals surface area contributed by atoms with Crippen molar-refractivity contribution >= 4 is 17.6 Å². The average Bonchev–Trinajstić information content (AvgIpc) is 3.31. The Hall–Kier alpha value is -2.76. The van der Waals surface area contributed by atoms with Gasteiger partial charge in [-0.05, 0) is 30.5 Å². The van der Waals surface area contributed by atoms with Crippen molar-refractivity contribution in [2.45, 2.75) is 18.3 Å². The number of rotatable bonds is 4. The van der Waals surface area contributed by atoms with Gasteiger partial charge in [0.15, 0.2) is 0 Å². The van der Waals surface area contributed by atoms with Crippen LogP contribution in [0.1, 0.15) is 28.8 Å². The maximum Gasteiger partial charge on any atom is 0.314 e. The van der Waals surface area contributed by atoms with Crippen LogP contribution in [0.25, 0.3) is 0 Å². The van der Waals surface area contributed by atoms with Crippen LogP contribution in [0.5, 0.6) is 0 Å². The van der Waals surface area contributed by atoms with Gasteiger partial charge >= 0.3 is 5.97 Å². The summed E-state index contributed by atoms with van der Waals surface area (Å²) < 4.78 is 0. The van der Waals surface area contributed by atoms with Crippen LogP contribution in [0.2, 0.25) is 0 Å². The van der Waals surface area contributed by atoms with Crippen molar-refractivity contribution in [2.75, 3.05) is 5.32 Å². The molecule has 1 heterocycles. The lowest BCUT2D eigenvalue weighted by Crippen LogP contribution is -2.19. The van der Waals surface area contributed by atoms with Crippen molar-refractivity contribution in [3.8, 4) is 0 Å². The molecule has 0 unspecified atom stereocenters. The zero-order valence-electron chi connectivity index (χ0n) is 11.1. The molecule has 0 aliphatic heterocycles. The number of aliphatic carboxylic acids is 1. The predicted octanol–water partition coefficient (Wildman–Crippen LogP) is 1.85. The summed E-state index contributed by atoms with van der Waals surface area (Å²) in [6.07, 6.45) is 5.54. The van der Waals surface area contributed by atoms with Gasteiger partial charge in [0.05, 0.1) is 11.0 Å². The maximum absolute atomic E-state index is 11.9. The fraction of sp³-hybridized carbons (Fsp3) is 0.200. The van der Waals surface area contributed by atoms with Crippen LogP contribution < -0.4 is 5.32 Å². The largest absolute Gasteiger partial charge is 0.481 e. The van der Waals surface area contributed by atoms with Gasteiger partial charge in [0, 0.05) is 18.1 Å². The number of anilines is 1. The first-order valence-corrected chi connectivity index (χ1v) is 6.52. The summed E-state index contributed by atoms with van der Waals surface area (Å²) in [7, 11) is 0. The summed E-state index contributed by atoms with van der Waals surface area (Å²) >= 11 is 0. The Labute approximate surface area is 120 Å². The maximum atomic E-state index is 11.9. The Morgan fingerprint density at radius 1 is 1.10 bits per heavy atom. The smallest absolute Gasteiger partial charge is 0.314 e. The molecule has 0 saturated heterocycles. The molecule has 1 saturated carbocycles. The Kier molecular flexibility index (Phi) is 3.13. The lowest BCUT2D eigenvalue weighted by atomic mass is 9.96. The first-order valence-electron chi connectivity index (χ1n) is 6.52. The minimum absolute atomic E-state index is 0.303. The third-order valence-corrected chi connectivity index (χ3v) is 3.68. The number of carboxylic acids is 1. The van der Waals surface area contributed by atoms with Crippen molar-refractivity contribution in [1.82, 2.24) is 9.97 Å². The number of benzene rings is 1. The number of aromatic nitrogens is 2. The quantitative estimate of drug-likeness (QED) is 0.893. The number of hydrogen-bond donors (Lipinski definition) is 2. The number of nitrogens with zero attached hydrogens (tertiary/aromatic N) is 2. The van der Waals surface area contributed by atoms with Crippen LogP contribution in [0.4, 0.5) is 5.69 Å². The second kappa shape index (κ2) is 4.97. The molecule has 0 atom stereocenters. The lowest BCUT2D eigenvalue weighted by molar-refractivity contribution is -0.140. The number of hydrogen-bond acceptors (Lipinski definition) is 4. The molecule has 1 fully saturated rings. The molecule has 6 nitrogen and oxygen atoms in total. The topological polar surface area (TPSA) is 92.2 Å². The number of carboxylic acid groups (broad SMARTS) is 1. The molecule has 2 aromatic rings. The van der Waals surface area contributed by atoms with Crippen LogP contribution in [0.3, 0.4) is 0 Å². The zero-order valence-corrected chi connectivity index (χ0v) is 11.1. The Bertz CT molecular complexity index is 679. The fourth-order valence-corrected chi connectivity index (χ4v) is 2.24. The molecule has 21 heavy (non-hydrogen) atoms. The van der Waals surface area contributed by atoms with Crippen LogP contribution in [-0.4, -0.2) is 27.0 Å².